The van der Waals surface area contributed by atoms with E-state index in [1.165, 1.54) is 19.1 Å². The third-order valence-electron chi connectivity index (χ3n) is 2.69. The molecule has 2 unspecified atom stereocenters. The standard InChI is InChI=1S/C10H10ClNO4S/c1-5-9(10(13)14)17(15,16)7-4-2-3-6(11)8(7)12-5/h2-5,9,12H,1H3,(H,13,14). The van der Waals surface area contributed by atoms with E-state index in [9.17, 15) is 13.2 Å². The molecule has 2 N–H and O–H groups in total. The minimum absolute atomic E-state index is 0.0597. The number of benzene rings is 1. The van der Waals surface area contributed by atoms with E-state index in [1.807, 2.05) is 0 Å². The molecule has 0 saturated carbocycles. The monoisotopic (exact) mass is 275 g/mol. The van der Waals surface area contributed by atoms with Gasteiger partial charge in [-0.1, -0.05) is 17.7 Å². The zero-order valence-electron chi connectivity index (χ0n) is 8.84. The Morgan fingerprint density at radius 3 is 2.71 bits per heavy atom. The number of sulfone groups is 1. The Balaban J connectivity index is 2.70. The number of hydrogen-bond donors (Lipinski definition) is 2. The molecule has 1 aliphatic heterocycles. The van der Waals surface area contributed by atoms with Gasteiger partial charge in [-0.2, -0.15) is 0 Å². The lowest BCUT2D eigenvalue weighted by Crippen LogP contribution is -2.47. The van der Waals surface area contributed by atoms with Gasteiger partial charge in [-0.15, -0.1) is 0 Å². The molecule has 0 spiro atoms. The van der Waals surface area contributed by atoms with E-state index in [0.29, 0.717) is 0 Å². The third-order valence-corrected chi connectivity index (χ3v) is 5.23. The van der Waals surface area contributed by atoms with Gasteiger partial charge in [-0.3, -0.25) is 4.79 Å². The number of hydrogen-bond acceptors (Lipinski definition) is 4. The fourth-order valence-electron chi connectivity index (χ4n) is 1.94. The molecule has 1 aliphatic rings. The molecular formula is C10H10ClNO4S. The molecule has 2 rings (SSSR count). The van der Waals surface area contributed by atoms with Crippen LogP contribution < -0.4 is 5.32 Å². The van der Waals surface area contributed by atoms with Crippen LogP contribution in [0.3, 0.4) is 0 Å². The van der Waals surface area contributed by atoms with Crippen molar-refractivity contribution >= 4 is 33.1 Å². The highest BCUT2D eigenvalue weighted by molar-refractivity contribution is 7.93. The maximum atomic E-state index is 12.1. The van der Waals surface area contributed by atoms with E-state index in [2.05, 4.69) is 5.32 Å². The summed E-state index contributed by atoms with van der Waals surface area (Å²) < 4.78 is 24.3. The smallest absolute Gasteiger partial charge is 0.324 e. The zero-order valence-corrected chi connectivity index (χ0v) is 10.4. The Bertz CT molecular complexity index is 584. The van der Waals surface area contributed by atoms with Gasteiger partial charge in [-0.05, 0) is 19.1 Å². The summed E-state index contributed by atoms with van der Waals surface area (Å²) in [6, 6.07) is 3.65. The van der Waals surface area contributed by atoms with Gasteiger partial charge in [0.05, 0.1) is 21.6 Å². The number of carboxylic acid groups (broad SMARTS) is 1. The van der Waals surface area contributed by atoms with Crippen LogP contribution >= 0.6 is 11.6 Å². The Hall–Kier alpha value is -1.27. The number of halogens is 1. The number of carbonyl (C=O) groups is 1. The van der Waals surface area contributed by atoms with Crippen molar-refractivity contribution in [1.29, 1.82) is 0 Å². The maximum absolute atomic E-state index is 12.1. The Morgan fingerprint density at radius 2 is 2.12 bits per heavy atom. The topological polar surface area (TPSA) is 83.5 Å². The Labute approximate surface area is 103 Å². The van der Waals surface area contributed by atoms with Crippen molar-refractivity contribution in [2.45, 2.75) is 23.1 Å². The highest BCUT2D eigenvalue weighted by Crippen LogP contribution is 2.37. The van der Waals surface area contributed by atoms with Gasteiger partial charge in [0.25, 0.3) is 0 Å². The van der Waals surface area contributed by atoms with E-state index >= 15 is 0 Å². The molecule has 5 nitrogen and oxygen atoms in total. The highest BCUT2D eigenvalue weighted by atomic mass is 35.5. The van der Waals surface area contributed by atoms with Crippen molar-refractivity contribution < 1.29 is 18.3 Å². The summed E-state index contributed by atoms with van der Waals surface area (Å²) in [5.41, 5.74) is 0.277. The summed E-state index contributed by atoms with van der Waals surface area (Å²) in [4.78, 5) is 11.0. The molecule has 0 fully saturated rings. The maximum Gasteiger partial charge on any atom is 0.324 e. The molecule has 0 amide bonds. The van der Waals surface area contributed by atoms with Crippen molar-refractivity contribution in [3.63, 3.8) is 0 Å². The number of nitrogens with one attached hydrogen (secondary N) is 1. The quantitative estimate of drug-likeness (QED) is 0.809. The largest absolute Gasteiger partial charge is 0.480 e. The average Bonchev–Trinajstić information content (AvgIpc) is 2.18. The van der Waals surface area contributed by atoms with Crippen LogP contribution in [-0.2, 0) is 14.6 Å². The molecule has 2 atom stereocenters. The van der Waals surface area contributed by atoms with E-state index in [1.54, 1.807) is 6.07 Å². The molecule has 0 saturated heterocycles. The summed E-state index contributed by atoms with van der Waals surface area (Å²) in [5.74, 6) is -1.37. The lowest BCUT2D eigenvalue weighted by molar-refractivity contribution is -0.136. The molecule has 7 heteroatoms. The van der Waals surface area contributed by atoms with E-state index < -0.39 is 27.1 Å². The molecule has 17 heavy (non-hydrogen) atoms. The number of anilines is 1. The second-order valence-electron chi connectivity index (χ2n) is 3.85. The fourth-order valence-corrected chi connectivity index (χ4v) is 4.09. The lowest BCUT2D eigenvalue weighted by Gasteiger charge is -2.30. The van der Waals surface area contributed by atoms with Gasteiger partial charge in [0.2, 0.25) is 0 Å². The van der Waals surface area contributed by atoms with Crippen LogP contribution in [0.4, 0.5) is 5.69 Å². The number of fused-ring (bicyclic) bond motifs is 1. The normalized spacial score (nSPS) is 25.8. The number of aliphatic carboxylic acids is 1. The summed E-state index contributed by atoms with van der Waals surface area (Å²) in [6.45, 7) is 1.50. The first-order valence-electron chi connectivity index (χ1n) is 4.87. The predicted molar refractivity (Wildman–Crippen MR) is 63.1 cm³/mol. The fraction of sp³-hybridized carbons (Fsp3) is 0.300. The third kappa shape index (κ3) is 1.77. The van der Waals surface area contributed by atoms with Crippen molar-refractivity contribution in [3.8, 4) is 0 Å². The lowest BCUT2D eigenvalue weighted by atomic mass is 10.2. The molecule has 92 valence electrons. The molecule has 1 aromatic rings. The van der Waals surface area contributed by atoms with Crippen molar-refractivity contribution in [2.75, 3.05) is 5.32 Å². The highest BCUT2D eigenvalue weighted by Gasteiger charge is 2.44. The molecule has 1 aromatic carbocycles. The van der Waals surface area contributed by atoms with E-state index in [-0.39, 0.29) is 15.6 Å². The van der Waals surface area contributed by atoms with Crippen LogP contribution in [0.5, 0.6) is 0 Å². The SMILES string of the molecule is CC1Nc2c(Cl)cccc2S(=O)(=O)C1C(=O)O. The van der Waals surface area contributed by atoms with Crippen LogP contribution in [0.25, 0.3) is 0 Å². The molecule has 0 radical (unpaired) electrons. The first-order valence-corrected chi connectivity index (χ1v) is 6.80. The average molecular weight is 276 g/mol. The first-order chi connectivity index (χ1) is 7.85. The summed E-state index contributed by atoms with van der Waals surface area (Å²) in [6.07, 6.45) is 0. The van der Waals surface area contributed by atoms with Gasteiger partial charge >= 0.3 is 5.97 Å². The van der Waals surface area contributed by atoms with Gasteiger partial charge in [0.15, 0.2) is 15.1 Å². The number of carboxylic acids is 1. The van der Waals surface area contributed by atoms with Crippen molar-refractivity contribution in [2.24, 2.45) is 0 Å². The first kappa shape index (κ1) is 12.2. The summed E-state index contributed by atoms with van der Waals surface area (Å²) in [7, 11) is -3.90. The number of para-hydroxylation sites is 1. The minimum Gasteiger partial charge on any atom is -0.480 e. The predicted octanol–water partition coefficient (Wildman–Crippen LogP) is 1.38. The van der Waals surface area contributed by atoms with Crippen LogP contribution in [0.1, 0.15) is 6.92 Å². The minimum atomic E-state index is -3.90. The molecule has 0 bridgehead atoms. The summed E-state index contributed by atoms with van der Waals surface area (Å²) in [5, 5.41) is 10.6. The van der Waals surface area contributed by atoms with Crippen LogP contribution in [0, 0.1) is 0 Å². The van der Waals surface area contributed by atoms with E-state index in [0.717, 1.165) is 0 Å². The van der Waals surface area contributed by atoms with Crippen molar-refractivity contribution in [3.05, 3.63) is 23.2 Å². The van der Waals surface area contributed by atoms with Crippen LogP contribution in [0.15, 0.2) is 23.1 Å². The molecular weight excluding hydrogens is 266 g/mol. The Morgan fingerprint density at radius 1 is 1.47 bits per heavy atom. The van der Waals surface area contributed by atoms with Crippen molar-refractivity contribution in [1.82, 2.24) is 0 Å². The van der Waals surface area contributed by atoms with Crippen LogP contribution in [0.2, 0.25) is 5.02 Å². The molecule has 0 aromatic heterocycles. The molecule has 1 heterocycles. The number of rotatable bonds is 1. The van der Waals surface area contributed by atoms with E-state index in [4.69, 9.17) is 16.7 Å². The van der Waals surface area contributed by atoms with Gasteiger partial charge in [-0.25, -0.2) is 8.42 Å². The summed E-state index contributed by atoms with van der Waals surface area (Å²) >= 11 is 5.89. The molecule has 0 aliphatic carbocycles. The van der Waals surface area contributed by atoms with Gasteiger partial charge in [0.1, 0.15) is 0 Å². The van der Waals surface area contributed by atoms with Crippen LogP contribution in [-0.4, -0.2) is 30.8 Å². The Kier molecular flexibility index (Phi) is 2.79. The zero-order chi connectivity index (χ0) is 12.8. The van der Waals surface area contributed by atoms with Gasteiger partial charge in [0, 0.05) is 0 Å². The van der Waals surface area contributed by atoms with Gasteiger partial charge < -0.3 is 10.4 Å². The second kappa shape index (κ2) is 3.89. The second-order valence-corrected chi connectivity index (χ2v) is 6.29.